The first-order valence-electron chi connectivity index (χ1n) is 24.4. The SMILES string of the molecule is CC1(C)c2ccccc2-c2ccc(N(c3cc4c(cc3-c3cc5c(c6c3CCCC6)CCCC5)-c3ccccc3C4(C)C)c3ccc4cccc5c6cccc7cccc(c3c45)c76)cc21. The van der Waals surface area contributed by atoms with Crippen molar-refractivity contribution in [1.82, 2.24) is 0 Å². The summed E-state index contributed by atoms with van der Waals surface area (Å²) >= 11 is 0. The van der Waals surface area contributed by atoms with Crippen molar-refractivity contribution in [3.8, 4) is 33.4 Å². The third kappa shape index (κ3) is 5.10. The molecule has 10 aromatic carbocycles. The number of aryl methyl sites for hydroxylation is 1. The summed E-state index contributed by atoms with van der Waals surface area (Å²) in [5, 5.41) is 10.6. The minimum Gasteiger partial charge on any atom is -0.309 e. The minimum atomic E-state index is -0.170. The summed E-state index contributed by atoms with van der Waals surface area (Å²) in [4.78, 5) is 2.72. The Hall–Kier alpha value is -6.70. The molecule has 0 atom stereocenters. The van der Waals surface area contributed by atoms with Gasteiger partial charge in [-0.05, 0) is 192 Å². The molecule has 14 rings (SSSR count). The highest BCUT2D eigenvalue weighted by molar-refractivity contribution is 6.35. The molecule has 314 valence electrons. The van der Waals surface area contributed by atoms with Crippen molar-refractivity contribution < 1.29 is 0 Å². The number of hydrogen-bond donors (Lipinski definition) is 0. The average molecular weight is 836 g/mol. The van der Waals surface area contributed by atoms with Gasteiger partial charge < -0.3 is 4.90 Å². The second-order valence-electron chi connectivity index (χ2n) is 20.8. The molecule has 0 N–H and O–H groups in total. The second kappa shape index (κ2) is 13.4. The molecule has 10 aromatic rings. The lowest BCUT2D eigenvalue weighted by Crippen LogP contribution is -2.19. The van der Waals surface area contributed by atoms with Crippen LogP contribution in [0.1, 0.15) is 97.9 Å². The van der Waals surface area contributed by atoms with E-state index < -0.39 is 0 Å². The molecular weight excluding hydrogens is 783 g/mol. The summed E-state index contributed by atoms with van der Waals surface area (Å²) in [5.74, 6) is 0. The lowest BCUT2D eigenvalue weighted by molar-refractivity contribution is 0.641. The average Bonchev–Trinajstić information content (AvgIpc) is 3.71. The lowest BCUT2D eigenvalue weighted by atomic mass is 9.76. The van der Waals surface area contributed by atoms with Crippen molar-refractivity contribution in [2.75, 3.05) is 4.90 Å². The molecule has 65 heavy (non-hydrogen) atoms. The lowest BCUT2D eigenvalue weighted by Gasteiger charge is -2.34. The fourth-order valence-corrected chi connectivity index (χ4v) is 13.7. The zero-order valence-electron chi connectivity index (χ0n) is 38.0. The first-order chi connectivity index (χ1) is 31.8. The van der Waals surface area contributed by atoms with Crippen LogP contribution in [-0.4, -0.2) is 0 Å². The van der Waals surface area contributed by atoms with Gasteiger partial charge in [-0.1, -0.05) is 149 Å². The van der Waals surface area contributed by atoms with Crippen LogP contribution >= 0.6 is 0 Å². The highest BCUT2D eigenvalue weighted by Gasteiger charge is 2.40. The van der Waals surface area contributed by atoms with Gasteiger partial charge >= 0.3 is 0 Å². The van der Waals surface area contributed by atoms with Crippen molar-refractivity contribution in [3.63, 3.8) is 0 Å². The second-order valence-corrected chi connectivity index (χ2v) is 20.8. The third-order valence-electron chi connectivity index (χ3n) is 16.8. The molecule has 4 aliphatic rings. The van der Waals surface area contributed by atoms with Gasteiger partial charge in [0, 0.05) is 27.5 Å². The van der Waals surface area contributed by atoms with Crippen LogP contribution in [-0.2, 0) is 36.5 Å². The summed E-state index contributed by atoms with van der Waals surface area (Å²) in [6.45, 7) is 9.75. The molecule has 0 bridgehead atoms. The minimum absolute atomic E-state index is 0.148. The number of anilines is 3. The van der Waals surface area contributed by atoms with Crippen molar-refractivity contribution >= 4 is 60.2 Å². The standard InChI is InChI=1S/C64H53N/c1-63(2)54-28-11-9-23-45(54)47-32-31-41(35-56(47)63)65(58-33-30-39-19-14-26-49-48-25-13-17-38-18-15-27-50(60(38)48)62(58)61(39)49)59-37-57-52(46-24-10-12-29-55(46)64(57,3)4)36-53(59)51-34-40-16-5-6-20-42(40)43-21-7-8-22-44(43)51/h9-15,17-19,23-37H,5-8,16,20-22H2,1-4H3. The van der Waals surface area contributed by atoms with Crippen LogP contribution in [0.5, 0.6) is 0 Å². The molecule has 0 unspecified atom stereocenters. The van der Waals surface area contributed by atoms with E-state index in [-0.39, 0.29) is 10.8 Å². The van der Waals surface area contributed by atoms with Crippen LogP contribution in [0.25, 0.3) is 76.5 Å². The molecule has 0 aromatic heterocycles. The zero-order valence-corrected chi connectivity index (χ0v) is 38.0. The first kappa shape index (κ1) is 37.7. The van der Waals surface area contributed by atoms with E-state index in [1.807, 2.05) is 0 Å². The fourth-order valence-electron chi connectivity index (χ4n) is 13.7. The van der Waals surface area contributed by atoms with E-state index in [4.69, 9.17) is 0 Å². The smallest absolute Gasteiger partial charge is 0.0547 e. The molecule has 0 heterocycles. The predicted molar refractivity (Wildman–Crippen MR) is 276 cm³/mol. The maximum absolute atomic E-state index is 2.72. The van der Waals surface area contributed by atoms with E-state index in [1.165, 1.54) is 161 Å². The van der Waals surface area contributed by atoms with E-state index >= 15 is 0 Å². The number of fused-ring (bicyclic) bond motifs is 11. The molecule has 1 heteroatoms. The number of benzene rings is 10. The monoisotopic (exact) mass is 835 g/mol. The molecule has 0 radical (unpaired) electrons. The summed E-state index contributed by atoms with van der Waals surface area (Å²) in [5.41, 5.74) is 23.9. The molecule has 0 fully saturated rings. The predicted octanol–water partition coefficient (Wildman–Crippen LogP) is 17.2. The van der Waals surface area contributed by atoms with E-state index in [2.05, 4.69) is 184 Å². The maximum Gasteiger partial charge on any atom is 0.0547 e. The molecule has 0 saturated heterocycles. The van der Waals surface area contributed by atoms with Gasteiger partial charge in [-0.25, -0.2) is 0 Å². The quantitative estimate of drug-likeness (QED) is 0.126. The van der Waals surface area contributed by atoms with Crippen molar-refractivity contribution in [2.24, 2.45) is 0 Å². The maximum atomic E-state index is 2.72. The molecule has 0 spiro atoms. The van der Waals surface area contributed by atoms with E-state index in [9.17, 15) is 0 Å². The van der Waals surface area contributed by atoms with E-state index in [1.54, 1.807) is 22.3 Å². The van der Waals surface area contributed by atoms with Crippen LogP contribution < -0.4 is 4.90 Å². The summed E-state index contributed by atoms with van der Waals surface area (Å²) in [7, 11) is 0. The Morgan fingerprint density at radius 3 is 1.68 bits per heavy atom. The van der Waals surface area contributed by atoms with Crippen LogP contribution in [0.3, 0.4) is 0 Å². The first-order valence-corrected chi connectivity index (χ1v) is 24.4. The summed E-state index contributed by atoms with van der Waals surface area (Å²) in [6.07, 6.45) is 9.88. The van der Waals surface area contributed by atoms with Crippen molar-refractivity contribution in [2.45, 2.75) is 89.9 Å². The van der Waals surface area contributed by atoms with Gasteiger partial charge in [0.25, 0.3) is 0 Å². The fraction of sp³-hybridized carbons (Fsp3) is 0.219. The molecule has 0 saturated carbocycles. The van der Waals surface area contributed by atoms with Crippen molar-refractivity contribution in [1.29, 1.82) is 0 Å². The van der Waals surface area contributed by atoms with E-state index in [0.717, 1.165) is 6.42 Å². The highest BCUT2D eigenvalue weighted by atomic mass is 15.1. The van der Waals surface area contributed by atoms with Crippen LogP contribution in [0.15, 0.2) is 152 Å². The normalized spacial score (nSPS) is 16.4. The Morgan fingerprint density at radius 1 is 0.354 bits per heavy atom. The number of rotatable bonds is 4. The van der Waals surface area contributed by atoms with Crippen LogP contribution in [0.4, 0.5) is 17.1 Å². The highest BCUT2D eigenvalue weighted by Crippen LogP contribution is 2.57. The topological polar surface area (TPSA) is 3.24 Å². The summed E-state index contributed by atoms with van der Waals surface area (Å²) in [6, 6.07) is 59.4. The Morgan fingerprint density at radius 2 is 0.938 bits per heavy atom. The van der Waals surface area contributed by atoms with Gasteiger partial charge in [-0.3, -0.25) is 0 Å². The summed E-state index contributed by atoms with van der Waals surface area (Å²) < 4.78 is 0. The number of nitrogens with zero attached hydrogens (tertiary/aromatic N) is 1. The molecular formula is C64H53N. The zero-order chi connectivity index (χ0) is 43.3. The molecule has 0 amide bonds. The Bertz CT molecular complexity index is 3670. The Labute approximate surface area is 382 Å². The van der Waals surface area contributed by atoms with Gasteiger partial charge in [-0.15, -0.1) is 0 Å². The Kier molecular flexibility index (Phi) is 7.78. The third-order valence-corrected chi connectivity index (χ3v) is 16.8. The van der Waals surface area contributed by atoms with Crippen molar-refractivity contribution in [3.05, 3.63) is 196 Å². The van der Waals surface area contributed by atoms with Gasteiger partial charge in [0.2, 0.25) is 0 Å². The van der Waals surface area contributed by atoms with Crippen LogP contribution in [0.2, 0.25) is 0 Å². The molecule has 0 aliphatic heterocycles. The largest absolute Gasteiger partial charge is 0.309 e. The van der Waals surface area contributed by atoms with Gasteiger partial charge in [0.15, 0.2) is 0 Å². The van der Waals surface area contributed by atoms with Gasteiger partial charge in [0.1, 0.15) is 0 Å². The van der Waals surface area contributed by atoms with Crippen LogP contribution in [0, 0.1) is 0 Å². The molecule has 1 nitrogen and oxygen atoms in total. The van der Waals surface area contributed by atoms with Gasteiger partial charge in [-0.2, -0.15) is 0 Å². The Balaban J connectivity index is 1.15. The van der Waals surface area contributed by atoms with Gasteiger partial charge in [0.05, 0.1) is 11.4 Å². The van der Waals surface area contributed by atoms with E-state index in [0.29, 0.717) is 0 Å². The molecule has 4 aliphatic carbocycles. The number of hydrogen-bond acceptors (Lipinski definition) is 1.